The van der Waals surface area contributed by atoms with E-state index in [9.17, 15) is 9.90 Å². The van der Waals surface area contributed by atoms with Gasteiger partial charge in [-0.3, -0.25) is 4.79 Å². The Hall–Kier alpha value is -1.65. The molecule has 2 unspecified atom stereocenters. The molecule has 0 aliphatic heterocycles. The van der Waals surface area contributed by atoms with Crippen LogP contribution in [0.2, 0.25) is 0 Å². The van der Waals surface area contributed by atoms with Gasteiger partial charge in [0.2, 0.25) is 5.91 Å². The van der Waals surface area contributed by atoms with Crippen LogP contribution in [0.15, 0.2) is 36.9 Å². The first-order chi connectivity index (χ1) is 9.56. The smallest absolute Gasteiger partial charge is 0.248 e. The molecule has 4 nitrogen and oxygen atoms in total. The fourth-order valence-electron chi connectivity index (χ4n) is 1.82. The standard InChI is InChI=1S/C16H23NO3/c1-4-5-10-20-13(3)16(19)17-11-15(18)14-9-7-6-8-12(14)2/h4,6-9,13,15,18H,1,5,10-11H2,2-3H3,(H,17,19). The van der Waals surface area contributed by atoms with Gasteiger partial charge in [-0.15, -0.1) is 6.58 Å². The molecule has 0 saturated carbocycles. The molecule has 0 fully saturated rings. The molecule has 1 amide bonds. The molecular weight excluding hydrogens is 254 g/mol. The summed E-state index contributed by atoms with van der Waals surface area (Å²) in [6.07, 6.45) is 1.22. The van der Waals surface area contributed by atoms with Crippen LogP contribution in [0.1, 0.15) is 30.6 Å². The predicted octanol–water partition coefficient (Wildman–Crippen LogP) is 2.13. The highest BCUT2D eigenvalue weighted by atomic mass is 16.5. The van der Waals surface area contributed by atoms with Crippen LogP contribution >= 0.6 is 0 Å². The van der Waals surface area contributed by atoms with Crippen molar-refractivity contribution in [1.82, 2.24) is 5.32 Å². The fraction of sp³-hybridized carbons (Fsp3) is 0.438. The summed E-state index contributed by atoms with van der Waals surface area (Å²) in [6.45, 7) is 7.87. The third kappa shape index (κ3) is 5.15. The van der Waals surface area contributed by atoms with Crippen molar-refractivity contribution in [2.75, 3.05) is 13.2 Å². The quantitative estimate of drug-likeness (QED) is 0.565. The lowest BCUT2D eigenvalue weighted by Crippen LogP contribution is -2.37. The van der Waals surface area contributed by atoms with Gasteiger partial charge in [0.05, 0.1) is 12.7 Å². The van der Waals surface area contributed by atoms with Crippen LogP contribution in [0.25, 0.3) is 0 Å². The van der Waals surface area contributed by atoms with Gasteiger partial charge in [0, 0.05) is 6.54 Å². The largest absolute Gasteiger partial charge is 0.387 e. The zero-order valence-electron chi connectivity index (χ0n) is 12.1. The molecule has 1 rings (SSSR count). The molecule has 20 heavy (non-hydrogen) atoms. The van der Waals surface area contributed by atoms with Gasteiger partial charge in [0.15, 0.2) is 0 Å². The maximum atomic E-state index is 11.8. The summed E-state index contributed by atoms with van der Waals surface area (Å²) in [4.78, 5) is 11.8. The van der Waals surface area contributed by atoms with Crippen molar-refractivity contribution in [3.8, 4) is 0 Å². The maximum absolute atomic E-state index is 11.8. The molecule has 0 aromatic heterocycles. The molecule has 2 atom stereocenters. The Kier molecular flexibility index (Phi) is 6.98. The Morgan fingerprint density at radius 3 is 2.85 bits per heavy atom. The van der Waals surface area contributed by atoms with Crippen molar-refractivity contribution >= 4 is 5.91 Å². The summed E-state index contributed by atoms with van der Waals surface area (Å²) in [5.74, 6) is -0.221. The van der Waals surface area contributed by atoms with Gasteiger partial charge in [-0.25, -0.2) is 0 Å². The highest BCUT2D eigenvalue weighted by molar-refractivity contribution is 5.80. The molecule has 0 aliphatic rings. The molecule has 0 spiro atoms. The second-order valence-corrected chi connectivity index (χ2v) is 4.71. The Morgan fingerprint density at radius 1 is 1.50 bits per heavy atom. The summed E-state index contributed by atoms with van der Waals surface area (Å²) < 4.78 is 5.34. The Morgan fingerprint density at radius 2 is 2.20 bits per heavy atom. The Labute approximate surface area is 120 Å². The van der Waals surface area contributed by atoms with Crippen molar-refractivity contribution in [1.29, 1.82) is 0 Å². The second-order valence-electron chi connectivity index (χ2n) is 4.71. The first kappa shape index (κ1) is 16.4. The highest BCUT2D eigenvalue weighted by Gasteiger charge is 2.15. The lowest BCUT2D eigenvalue weighted by Gasteiger charge is -2.17. The van der Waals surface area contributed by atoms with Crippen LogP contribution in [0, 0.1) is 6.92 Å². The number of amides is 1. The van der Waals surface area contributed by atoms with E-state index in [0.29, 0.717) is 13.0 Å². The van der Waals surface area contributed by atoms with Crippen LogP contribution in [-0.2, 0) is 9.53 Å². The van der Waals surface area contributed by atoms with Crippen molar-refractivity contribution in [3.05, 3.63) is 48.0 Å². The minimum Gasteiger partial charge on any atom is -0.387 e. The van der Waals surface area contributed by atoms with Crippen molar-refractivity contribution in [3.63, 3.8) is 0 Å². The third-order valence-corrected chi connectivity index (χ3v) is 3.08. The summed E-state index contributed by atoms with van der Waals surface area (Å²) in [6, 6.07) is 7.58. The number of aliphatic hydroxyl groups is 1. The SMILES string of the molecule is C=CCCOC(C)C(=O)NCC(O)c1ccccc1C. The first-order valence-electron chi connectivity index (χ1n) is 6.80. The second kappa shape index (κ2) is 8.51. The third-order valence-electron chi connectivity index (χ3n) is 3.08. The zero-order valence-corrected chi connectivity index (χ0v) is 12.1. The summed E-state index contributed by atoms with van der Waals surface area (Å²) in [7, 11) is 0. The lowest BCUT2D eigenvalue weighted by molar-refractivity contribution is -0.132. The Bertz CT molecular complexity index is 445. The van der Waals surface area contributed by atoms with E-state index >= 15 is 0 Å². The number of benzene rings is 1. The summed E-state index contributed by atoms with van der Waals surface area (Å²) >= 11 is 0. The molecule has 0 bridgehead atoms. The number of carbonyl (C=O) groups excluding carboxylic acids is 1. The van der Waals surface area contributed by atoms with Crippen molar-refractivity contribution < 1.29 is 14.6 Å². The van der Waals surface area contributed by atoms with Crippen molar-refractivity contribution in [2.45, 2.75) is 32.5 Å². The van der Waals surface area contributed by atoms with E-state index in [4.69, 9.17) is 4.74 Å². The van der Waals surface area contributed by atoms with E-state index in [-0.39, 0.29) is 12.5 Å². The van der Waals surface area contributed by atoms with E-state index in [0.717, 1.165) is 11.1 Å². The highest BCUT2D eigenvalue weighted by Crippen LogP contribution is 2.16. The van der Waals surface area contributed by atoms with E-state index in [1.54, 1.807) is 13.0 Å². The number of nitrogens with one attached hydrogen (secondary N) is 1. The van der Waals surface area contributed by atoms with E-state index < -0.39 is 12.2 Å². The normalized spacial score (nSPS) is 13.6. The minimum atomic E-state index is -0.708. The van der Waals surface area contributed by atoms with E-state index in [1.807, 2.05) is 31.2 Å². The molecular formula is C16H23NO3. The van der Waals surface area contributed by atoms with Crippen LogP contribution < -0.4 is 5.32 Å². The van der Waals surface area contributed by atoms with Gasteiger partial charge in [0.1, 0.15) is 6.10 Å². The predicted molar refractivity (Wildman–Crippen MR) is 79.4 cm³/mol. The van der Waals surface area contributed by atoms with Crippen LogP contribution in [0.4, 0.5) is 0 Å². The van der Waals surface area contributed by atoms with Gasteiger partial charge in [-0.05, 0) is 31.4 Å². The molecule has 0 aliphatic carbocycles. The number of aryl methyl sites for hydroxylation is 1. The van der Waals surface area contributed by atoms with Crippen LogP contribution in [-0.4, -0.2) is 30.3 Å². The van der Waals surface area contributed by atoms with Gasteiger partial charge in [-0.1, -0.05) is 30.3 Å². The summed E-state index contributed by atoms with van der Waals surface area (Å²) in [5, 5.41) is 12.8. The maximum Gasteiger partial charge on any atom is 0.248 e. The number of aliphatic hydroxyl groups excluding tert-OH is 1. The van der Waals surface area contributed by atoms with Crippen LogP contribution in [0.3, 0.4) is 0 Å². The average molecular weight is 277 g/mol. The van der Waals surface area contributed by atoms with Gasteiger partial charge >= 0.3 is 0 Å². The van der Waals surface area contributed by atoms with Crippen LogP contribution in [0.5, 0.6) is 0 Å². The summed E-state index contributed by atoms with van der Waals surface area (Å²) in [5.41, 5.74) is 1.83. The number of ether oxygens (including phenoxy) is 1. The zero-order chi connectivity index (χ0) is 15.0. The fourth-order valence-corrected chi connectivity index (χ4v) is 1.82. The topological polar surface area (TPSA) is 58.6 Å². The lowest BCUT2D eigenvalue weighted by atomic mass is 10.0. The number of hydrogen-bond donors (Lipinski definition) is 2. The van der Waals surface area contributed by atoms with Gasteiger partial charge in [0.25, 0.3) is 0 Å². The van der Waals surface area contributed by atoms with Gasteiger partial charge < -0.3 is 15.2 Å². The van der Waals surface area contributed by atoms with E-state index in [1.165, 1.54) is 0 Å². The first-order valence-corrected chi connectivity index (χ1v) is 6.80. The molecule has 0 saturated heterocycles. The monoisotopic (exact) mass is 277 g/mol. The Balaban J connectivity index is 2.40. The minimum absolute atomic E-state index is 0.179. The molecule has 4 heteroatoms. The molecule has 0 heterocycles. The molecule has 2 N–H and O–H groups in total. The number of carbonyl (C=O) groups is 1. The van der Waals surface area contributed by atoms with E-state index in [2.05, 4.69) is 11.9 Å². The van der Waals surface area contributed by atoms with Gasteiger partial charge in [-0.2, -0.15) is 0 Å². The average Bonchev–Trinajstić information content (AvgIpc) is 2.45. The van der Waals surface area contributed by atoms with Crippen molar-refractivity contribution in [2.24, 2.45) is 0 Å². The number of rotatable bonds is 8. The molecule has 1 aromatic rings. The molecule has 1 aromatic carbocycles. The number of hydrogen-bond acceptors (Lipinski definition) is 3. The molecule has 0 radical (unpaired) electrons. The molecule has 110 valence electrons.